The van der Waals surface area contributed by atoms with Gasteiger partial charge in [-0.15, -0.1) is 0 Å². The van der Waals surface area contributed by atoms with Crippen molar-refractivity contribution in [3.05, 3.63) is 53.0 Å². The zero-order valence-corrected chi connectivity index (χ0v) is 18.7. The van der Waals surface area contributed by atoms with Crippen LogP contribution in [-0.4, -0.2) is 35.6 Å². The molecule has 7 nitrogen and oxygen atoms in total. The summed E-state index contributed by atoms with van der Waals surface area (Å²) in [4.78, 5) is 28.0. The van der Waals surface area contributed by atoms with Gasteiger partial charge in [0.1, 0.15) is 17.4 Å². The lowest BCUT2D eigenvalue weighted by Crippen LogP contribution is -2.32. The predicted molar refractivity (Wildman–Crippen MR) is 119 cm³/mol. The molecule has 1 aromatic heterocycles. The van der Waals surface area contributed by atoms with Crippen LogP contribution in [0.4, 0.5) is 10.2 Å². The first kappa shape index (κ1) is 23.5. The lowest BCUT2D eigenvalue weighted by atomic mass is 9.82. The number of methoxy groups -OCH3 is 1. The molecule has 8 heteroatoms. The third kappa shape index (κ3) is 5.75. The second-order valence-electron chi connectivity index (χ2n) is 8.41. The van der Waals surface area contributed by atoms with Crippen LogP contribution in [0.2, 0.25) is 0 Å². The minimum Gasteiger partial charge on any atom is -0.496 e. The van der Waals surface area contributed by atoms with E-state index in [-0.39, 0.29) is 23.7 Å². The zero-order chi connectivity index (χ0) is 23.3. The van der Waals surface area contributed by atoms with Crippen molar-refractivity contribution in [3.63, 3.8) is 0 Å². The molecule has 2 aromatic rings. The van der Waals surface area contributed by atoms with Crippen molar-refractivity contribution in [2.24, 2.45) is 11.8 Å². The van der Waals surface area contributed by atoms with E-state index in [2.05, 4.69) is 15.6 Å². The van der Waals surface area contributed by atoms with Crippen molar-refractivity contribution in [3.8, 4) is 5.75 Å². The van der Waals surface area contributed by atoms with Gasteiger partial charge < -0.3 is 20.5 Å². The van der Waals surface area contributed by atoms with Gasteiger partial charge in [-0.2, -0.15) is 0 Å². The second kappa shape index (κ2) is 10.4. The average molecular weight is 444 g/mol. The molecule has 0 saturated heterocycles. The third-order valence-corrected chi connectivity index (χ3v) is 6.10. The molecule has 1 fully saturated rings. The normalized spacial score (nSPS) is 19.1. The number of anilines is 1. The number of ether oxygens (including phenoxy) is 1. The molecular weight excluding hydrogens is 413 g/mol. The quantitative estimate of drug-likeness (QED) is 0.561. The maximum atomic E-state index is 13.7. The van der Waals surface area contributed by atoms with E-state index in [1.54, 1.807) is 12.1 Å². The van der Waals surface area contributed by atoms with E-state index < -0.39 is 5.97 Å². The zero-order valence-electron chi connectivity index (χ0n) is 18.7. The van der Waals surface area contributed by atoms with Crippen LogP contribution in [0.15, 0.2) is 30.5 Å². The maximum Gasteiger partial charge on any atom is 0.306 e. The number of halogens is 1. The number of carboxylic acids is 1. The molecule has 3 N–H and O–H groups in total. The minimum atomic E-state index is -0.729. The number of hydrogen-bond acceptors (Lipinski definition) is 5. The number of rotatable bonds is 8. The molecular formula is C24H30FN3O4. The summed E-state index contributed by atoms with van der Waals surface area (Å²) in [5.41, 5.74) is 1.93. The highest BCUT2D eigenvalue weighted by Crippen LogP contribution is 2.30. The lowest BCUT2D eigenvalue weighted by Gasteiger charge is -2.26. The Hall–Kier alpha value is -3.16. The number of nitrogens with zero attached hydrogens (tertiary/aromatic N) is 1. The maximum absolute atomic E-state index is 13.7. The molecule has 32 heavy (non-hydrogen) atoms. The van der Waals surface area contributed by atoms with Gasteiger partial charge in [-0.1, -0.05) is 0 Å². The van der Waals surface area contributed by atoms with E-state index >= 15 is 0 Å². The molecule has 3 rings (SSSR count). The number of carbonyl (C=O) groups excluding carboxylic acids is 1. The number of aryl methyl sites for hydroxylation is 1. The number of nitrogens with one attached hydrogen (secondary N) is 2. The molecule has 0 aliphatic heterocycles. The van der Waals surface area contributed by atoms with Crippen LogP contribution >= 0.6 is 0 Å². The summed E-state index contributed by atoms with van der Waals surface area (Å²) in [5.74, 6) is -0.0529. The van der Waals surface area contributed by atoms with Crippen LogP contribution in [0.25, 0.3) is 0 Å². The first-order valence-corrected chi connectivity index (χ1v) is 10.9. The Morgan fingerprint density at radius 1 is 1.25 bits per heavy atom. The predicted octanol–water partition coefficient (Wildman–Crippen LogP) is 4.33. The van der Waals surface area contributed by atoms with E-state index in [0.717, 1.165) is 18.4 Å². The Labute approximate surface area is 187 Å². The van der Waals surface area contributed by atoms with Gasteiger partial charge in [-0.05, 0) is 75.3 Å². The number of aliphatic carboxylic acids is 1. The monoisotopic (exact) mass is 443 g/mol. The molecule has 1 aliphatic rings. The van der Waals surface area contributed by atoms with Crippen molar-refractivity contribution in [1.82, 2.24) is 10.3 Å². The van der Waals surface area contributed by atoms with E-state index in [1.807, 2.05) is 13.8 Å². The summed E-state index contributed by atoms with van der Waals surface area (Å²) in [5, 5.41) is 15.3. The standard InChI is InChI=1S/C24H30FN3O4/c1-14-10-18(23(29)27-12-16-4-6-17(7-5-16)24(30)31)13-26-22(14)28-15(2)20-11-19(25)8-9-21(20)32-3/h8-11,13,15-17H,4-7,12H2,1-3H3,(H,26,28)(H,27,29)(H,30,31)/t15?,16-,17-. The average Bonchev–Trinajstić information content (AvgIpc) is 2.78. The van der Waals surface area contributed by atoms with Gasteiger partial charge >= 0.3 is 5.97 Å². The summed E-state index contributed by atoms with van der Waals surface area (Å²) in [6.07, 6.45) is 4.44. The minimum absolute atomic E-state index is 0.202. The number of pyridine rings is 1. The van der Waals surface area contributed by atoms with Gasteiger partial charge in [-0.3, -0.25) is 9.59 Å². The highest BCUT2D eigenvalue weighted by Gasteiger charge is 2.26. The van der Waals surface area contributed by atoms with Crippen LogP contribution < -0.4 is 15.4 Å². The smallest absolute Gasteiger partial charge is 0.306 e. The van der Waals surface area contributed by atoms with E-state index in [1.165, 1.54) is 25.4 Å². The fraction of sp³-hybridized carbons (Fsp3) is 0.458. The van der Waals surface area contributed by atoms with Gasteiger partial charge in [-0.25, -0.2) is 9.37 Å². The number of hydrogen-bond donors (Lipinski definition) is 3. The first-order chi connectivity index (χ1) is 15.3. The van der Waals surface area contributed by atoms with Crippen molar-refractivity contribution >= 4 is 17.7 Å². The third-order valence-electron chi connectivity index (χ3n) is 6.10. The Bertz CT molecular complexity index is 974. The molecule has 0 radical (unpaired) electrons. The largest absolute Gasteiger partial charge is 0.496 e. The van der Waals surface area contributed by atoms with Crippen LogP contribution in [0.5, 0.6) is 5.75 Å². The second-order valence-corrected chi connectivity index (χ2v) is 8.41. The van der Waals surface area contributed by atoms with E-state index in [4.69, 9.17) is 9.84 Å². The highest BCUT2D eigenvalue weighted by atomic mass is 19.1. The number of carboxylic acid groups (broad SMARTS) is 1. The van der Waals surface area contributed by atoms with Crippen molar-refractivity contribution in [2.75, 3.05) is 19.0 Å². The van der Waals surface area contributed by atoms with Crippen molar-refractivity contribution < 1.29 is 23.8 Å². The Morgan fingerprint density at radius 2 is 1.97 bits per heavy atom. The van der Waals surface area contributed by atoms with E-state index in [0.29, 0.717) is 48.0 Å². The fourth-order valence-electron chi connectivity index (χ4n) is 4.13. The molecule has 1 heterocycles. The Kier molecular flexibility index (Phi) is 7.66. The highest BCUT2D eigenvalue weighted by molar-refractivity contribution is 5.94. The first-order valence-electron chi connectivity index (χ1n) is 10.9. The molecule has 172 valence electrons. The van der Waals surface area contributed by atoms with Gasteiger partial charge in [0.05, 0.1) is 24.6 Å². The fourth-order valence-corrected chi connectivity index (χ4v) is 4.13. The summed E-state index contributed by atoms with van der Waals surface area (Å²) in [7, 11) is 1.54. The SMILES string of the molecule is COc1ccc(F)cc1C(C)Nc1ncc(C(=O)NC[C@H]2CC[C@H](C(=O)O)CC2)cc1C. The molecule has 1 amide bonds. The molecule has 1 atom stereocenters. The van der Waals surface area contributed by atoms with Gasteiger partial charge in [0.2, 0.25) is 0 Å². The molecule has 0 spiro atoms. The van der Waals surface area contributed by atoms with Crippen molar-refractivity contribution in [2.45, 2.75) is 45.6 Å². The molecule has 1 aromatic carbocycles. The molecule has 0 bridgehead atoms. The van der Waals surface area contributed by atoms with Crippen LogP contribution in [-0.2, 0) is 4.79 Å². The number of benzene rings is 1. The Morgan fingerprint density at radius 3 is 2.59 bits per heavy atom. The number of carbonyl (C=O) groups is 2. The van der Waals surface area contributed by atoms with Crippen LogP contribution in [0, 0.1) is 24.6 Å². The van der Waals surface area contributed by atoms with Crippen molar-refractivity contribution in [1.29, 1.82) is 0 Å². The topological polar surface area (TPSA) is 101 Å². The summed E-state index contributed by atoms with van der Waals surface area (Å²) in [6.45, 7) is 4.27. The number of amides is 1. The molecule has 1 aliphatic carbocycles. The summed E-state index contributed by atoms with van der Waals surface area (Å²) in [6, 6.07) is 5.88. The molecule has 1 unspecified atom stereocenters. The van der Waals surface area contributed by atoms with Gasteiger partial charge in [0.25, 0.3) is 5.91 Å². The van der Waals surface area contributed by atoms with Crippen LogP contribution in [0.3, 0.4) is 0 Å². The summed E-state index contributed by atoms with van der Waals surface area (Å²) >= 11 is 0. The lowest BCUT2D eigenvalue weighted by molar-refractivity contribution is -0.143. The molecule has 1 saturated carbocycles. The van der Waals surface area contributed by atoms with Crippen LogP contribution in [0.1, 0.15) is 60.1 Å². The van der Waals surface area contributed by atoms with Gasteiger partial charge in [0.15, 0.2) is 0 Å². The Balaban J connectivity index is 1.58. The van der Waals surface area contributed by atoms with Gasteiger partial charge in [0, 0.05) is 18.3 Å². The number of aromatic nitrogens is 1. The summed E-state index contributed by atoms with van der Waals surface area (Å²) < 4.78 is 19.0. The van der Waals surface area contributed by atoms with E-state index in [9.17, 15) is 14.0 Å².